The third-order valence-electron chi connectivity index (χ3n) is 5.78. The molecule has 6 heteroatoms. The molecule has 2 rings (SSSR count). The molecule has 1 heterocycles. The second-order valence-corrected chi connectivity index (χ2v) is 10.4. The van der Waals surface area contributed by atoms with E-state index < -0.39 is 12.0 Å². The molecule has 1 aromatic rings. The van der Waals surface area contributed by atoms with Gasteiger partial charge in [-0.25, -0.2) is 4.79 Å². The second-order valence-electron chi connectivity index (χ2n) is 10.4. The monoisotopic (exact) mass is 430 g/mol. The van der Waals surface area contributed by atoms with Gasteiger partial charge in [-0.3, -0.25) is 9.59 Å². The molecule has 0 aromatic heterocycles. The van der Waals surface area contributed by atoms with E-state index in [0.29, 0.717) is 30.5 Å². The topological polar surface area (TPSA) is 75.7 Å². The van der Waals surface area contributed by atoms with Crippen molar-refractivity contribution >= 4 is 17.8 Å². The first-order chi connectivity index (χ1) is 14.4. The summed E-state index contributed by atoms with van der Waals surface area (Å²) in [6, 6.07) is 6.57. The Hall–Kier alpha value is -2.37. The van der Waals surface area contributed by atoms with Crippen LogP contribution in [0.3, 0.4) is 0 Å². The summed E-state index contributed by atoms with van der Waals surface area (Å²) in [5, 5.41) is 2.77. The Kier molecular flexibility index (Phi) is 8.27. The molecule has 31 heavy (non-hydrogen) atoms. The van der Waals surface area contributed by atoms with E-state index in [-0.39, 0.29) is 29.8 Å². The Labute approximate surface area is 186 Å². The number of carbonyl (C=O) groups excluding carboxylic acids is 3. The molecule has 0 radical (unpaired) electrons. The molecule has 0 aliphatic carbocycles. The molecule has 1 aliphatic heterocycles. The molecule has 172 valence electrons. The maximum absolute atomic E-state index is 12.7. The van der Waals surface area contributed by atoms with Gasteiger partial charge in [-0.15, -0.1) is 0 Å². The summed E-state index contributed by atoms with van der Waals surface area (Å²) in [6.45, 7) is 15.3. The van der Waals surface area contributed by atoms with Crippen LogP contribution in [0.4, 0.5) is 0 Å². The van der Waals surface area contributed by atoms with Crippen LogP contribution in [0.5, 0.6) is 0 Å². The third-order valence-corrected chi connectivity index (χ3v) is 5.78. The Morgan fingerprint density at radius 2 is 1.61 bits per heavy atom. The average Bonchev–Trinajstić information content (AvgIpc) is 2.68. The van der Waals surface area contributed by atoms with Crippen molar-refractivity contribution in [3.05, 3.63) is 35.4 Å². The van der Waals surface area contributed by atoms with E-state index in [9.17, 15) is 14.4 Å². The number of amides is 2. The summed E-state index contributed by atoms with van der Waals surface area (Å²) in [5.41, 5.74) is 1.61. The zero-order valence-corrected chi connectivity index (χ0v) is 20.0. The van der Waals surface area contributed by atoms with Crippen LogP contribution in [0.15, 0.2) is 24.3 Å². The van der Waals surface area contributed by atoms with Gasteiger partial charge in [0.2, 0.25) is 0 Å². The number of rotatable bonds is 6. The normalized spacial score (nSPS) is 20.3. The number of ether oxygens (including phenoxy) is 1. The molecule has 1 aromatic carbocycles. The number of piperidine rings is 1. The number of likely N-dealkylation sites (tertiary alicyclic amines) is 1. The number of esters is 1. The first-order valence-corrected chi connectivity index (χ1v) is 11.2. The van der Waals surface area contributed by atoms with Gasteiger partial charge in [-0.05, 0) is 47.3 Å². The lowest BCUT2D eigenvalue weighted by molar-refractivity contribution is -0.155. The van der Waals surface area contributed by atoms with Crippen LogP contribution in [0.25, 0.3) is 0 Å². The molecule has 3 atom stereocenters. The van der Waals surface area contributed by atoms with E-state index in [0.717, 1.165) is 12.0 Å². The predicted molar refractivity (Wildman–Crippen MR) is 122 cm³/mol. The molecule has 6 nitrogen and oxygen atoms in total. The summed E-state index contributed by atoms with van der Waals surface area (Å²) in [5.74, 6) is -0.387. The van der Waals surface area contributed by atoms with Crippen LogP contribution in [0, 0.1) is 17.8 Å². The second kappa shape index (κ2) is 10.3. The van der Waals surface area contributed by atoms with Crippen molar-refractivity contribution in [2.24, 2.45) is 17.8 Å². The predicted octanol–water partition coefficient (Wildman–Crippen LogP) is 3.79. The van der Waals surface area contributed by atoms with E-state index in [1.807, 2.05) is 26.0 Å². The largest absolute Gasteiger partial charge is 0.454 e. The zero-order chi connectivity index (χ0) is 23.3. The van der Waals surface area contributed by atoms with Crippen molar-refractivity contribution in [1.29, 1.82) is 0 Å². The quantitative estimate of drug-likeness (QED) is 0.697. The standard InChI is InChI=1S/C25H38N2O4/c1-16(2)22(26-23(29)19-8-10-20(11-9-19)25(5,6)7)24(30)31-15-21(28)27-13-17(3)12-18(4)14-27/h8-11,16-18,22H,12-15H2,1-7H3,(H,26,29)/t17-,18+,22-/m0/s1. The first kappa shape index (κ1) is 24.9. The van der Waals surface area contributed by atoms with Gasteiger partial charge in [-0.2, -0.15) is 0 Å². The highest BCUT2D eigenvalue weighted by Crippen LogP contribution is 2.23. The number of hydrogen-bond acceptors (Lipinski definition) is 4. The molecule has 0 unspecified atom stereocenters. The molecule has 0 spiro atoms. The van der Waals surface area contributed by atoms with Crippen molar-refractivity contribution in [1.82, 2.24) is 10.2 Å². The van der Waals surface area contributed by atoms with Gasteiger partial charge in [0.15, 0.2) is 6.61 Å². The minimum atomic E-state index is -0.818. The van der Waals surface area contributed by atoms with Crippen molar-refractivity contribution in [2.75, 3.05) is 19.7 Å². The Balaban J connectivity index is 1.96. The molecule has 1 fully saturated rings. The van der Waals surface area contributed by atoms with Gasteiger partial charge in [0.05, 0.1) is 0 Å². The van der Waals surface area contributed by atoms with Crippen molar-refractivity contribution in [3.63, 3.8) is 0 Å². The highest BCUT2D eigenvalue weighted by Gasteiger charge is 2.29. The van der Waals surface area contributed by atoms with Gasteiger partial charge in [-0.1, -0.05) is 60.6 Å². The SMILES string of the molecule is CC(C)[C@H](NC(=O)c1ccc(C(C)(C)C)cc1)C(=O)OCC(=O)N1C[C@H](C)C[C@H](C)C1. The Morgan fingerprint density at radius 3 is 2.10 bits per heavy atom. The van der Waals surface area contributed by atoms with Crippen molar-refractivity contribution < 1.29 is 19.1 Å². The number of carbonyl (C=O) groups is 3. The zero-order valence-electron chi connectivity index (χ0n) is 20.0. The number of hydrogen-bond donors (Lipinski definition) is 1. The maximum atomic E-state index is 12.7. The lowest BCUT2D eigenvalue weighted by Gasteiger charge is -2.35. The van der Waals surface area contributed by atoms with Crippen LogP contribution in [-0.2, 0) is 19.7 Å². The van der Waals surface area contributed by atoms with Gasteiger partial charge in [0.1, 0.15) is 6.04 Å². The Morgan fingerprint density at radius 1 is 1.06 bits per heavy atom. The molecular weight excluding hydrogens is 392 g/mol. The summed E-state index contributed by atoms with van der Waals surface area (Å²) in [6.07, 6.45) is 1.10. The van der Waals surface area contributed by atoms with Gasteiger partial charge < -0.3 is 15.0 Å². The highest BCUT2D eigenvalue weighted by atomic mass is 16.5. The molecular formula is C25H38N2O4. The fourth-order valence-corrected chi connectivity index (χ4v) is 4.02. The van der Waals surface area contributed by atoms with E-state index in [1.54, 1.807) is 17.0 Å². The molecule has 2 amide bonds. The summed E-state index contributed by atoms with van der Waals surface area (Å²) >= 11 is 0. The van der Waals surface area contributed by atoms with E-state index in [1.165, 1.54) is 0 Å². The molecule has 1 N–H and O–H groups in total. The molecule has 1 saturated heterocycles. The smallest absolute Gasteiger partial charge is 0.329 e. The maximum Gasteiger partial charge on any atom is 0.329 e. The molecule has 1 aliphatic rings. The van der Waals surface area contributed by atoms with Crippen LogP contribution >= 0.6 is 0 Å². The van der Waals surface area contributed by atoms with E-state index >= 15 is 0 Å². The van der Waals surface area contributed by atoms with Gasteiger partial charge in [0, 0.05) is 18.7 Å². The van der Waals surface area contributed by atoms with Crippen LogP contribution in [-0.4, -0.2) is 48.4 Å². The number of benzene rings is 1. The third kappa shape index (κ3) is 7.08. The lowest BCUT2D eigenvalue weighted by atomic mass is 9.86. The van der Waals surface area contributed by atoms with Gasteiger partial charge in [0.25, 0.3) is 11.8 Å². The summed E-state index contributed by atoms with van der Waals surface area (Å²) in [7, 11) is 0. The summed E-state index contributed by atoms with van der Waals surface area (Å²) < 4.78 is 5.31. The fourth-order valence-electron chi connectivity index (χ4n) is 4.02. The van der Waals surface area contributed by atoms with Crippen LogP contribution in [0.2, 0.25) is 0 Å². The van der Waals surface area contributed by atoms with Crippen LogP contribution in [0.1, 0.15) is 70.8 Å². The highest BCUT2D eigenvalue weighted by molar-refractivity contribution is 5.97. The van der Waals surface area contributed by atoms with E-state index in [4.69, 9.17) is 4.74 Å². The van der Waals surface area contributed by atoms with Crippen molar-refractivity contribution in [2.45, 2.75) is 66.3 Å². The van der Waals surface area contributed by atoms with Crippen molar-refractivity contribution in [3.8, 4) is 0 Å². The minimum Gasteiger partial charge on any atom is -0.454 e. The first-order valence-electron chi connectivity index (χ1n) is 11.2. The number of nitrogens with one attached hydrogen (secondary N) is 1. The van der Waals surface area contributed by atoms with Crippen LogP contribution < -0.4 is 5.32 Å². The molecule has 0 bridgehead atoms. The average molecular weight is 431 g/mol. The Bertz CT molecular complexity index is 770. The fraction of sp³-hybridized carbons (Fsp3) is 0.640. The van der Waals surface area contributed by atoms with E-state index in [2.05, 4.69) is 39.9 Å². The molecule has 0 saturated carbocycles. The lowest BCUT2D eigenvalue weighted by Crippen LogP contribution is -2.47. The minimum absolute atomic E-state index is 0.00421. The van der Waals surface area contributed by atoms with Gasteiger partial charge >= 0.3 is 5.97 Å². The number of nitrogens with zero attached hydrogens (tertiary/aromatic N) is 1. The summed E-state index contributed by atoms with van der Waals surface area (Å²) in [4.78, 5) is 39.6.